The van der Waals surface area contributed by atoms with Crippen LogP contribution in [-0.2, 0) is 4.74 Å². The minimum atomic E-state index is -2.29. The highest BCUT2D eigenvalue weighted by atomic mass is 19.3. The van der Waals surface area contributed by atoms with E-state index in [1.54, 1.807) is 0 Å². The SMILES string of the molecule is CC1CC(NC(C)C(F)F)CC(C)O1. The van der Waals surface area contributed by atoms with Crippen LogP contribution < -0.4 is 5.32 Å². The van der Waals surface area contributed by atoms with Crippen molar-refractivity contribution in [1.82, 2.24) is 5.32 Å². The van der Waals surface area contributed by atoms with Crippen molar-refractivity contribution in [2.45, 2.75) is 64.3 Å². The van der Waals surface area contributed by atoms with Crippen molar-refractivity contribution < 1.29 is 13.5 Å². The molecule has 0 bridgehead atoms. The van der Waals surface area contributed by atoms with Crippen molar-refractivity contribution in [1.29, 1.82) is 0 Å². The van der Waals surface area contributed by atoms with Gasteiger partial charge in [0.1, 0.15) is 0 Å². The summed E-state index contributed by atoms with van der Waals surface area (Å²) < 4.78 is 30.1. The predicted octanol–water partition coefficient (Wildman–Crippen LogP) is 2.19. The third kappa shape index (κ3) is 3.50. The Balaban J connectivity index is 2.36. The normalized spacial score (nSPS) is 36.0. The topological polar surface area (TPSA) is 21.3 Å². The largest absolute Gasteiger partial charge is 0.375 e. The molecule has 0 aromatic rings. The summed E-state index contributed by atoms with van der Waals surface area (Å²) in [5.41, 5.74) is 0. The molecule has 1 saturated heterocycles. The van der Waals surface area contributed by atoms with E-state index in [-0.39, 0.29) is 18.2 Å². The second kappa shape index (κ2) is 5.03. The van der Waals surface area contributed by atoms with Crippen LogP contribution in [-0.4, -0.2) is 30.7 Å². The Morgan fingerprint density at radius 3 is 2.14 bits per heavy atom. The lowest BCUT2D eigenvalue weighted by molar-refractivity contribution is -0.0468. The minimum absolute atomic E-state index is 0.165. The number of rotatable bonds is 3. The van der Waals surface area contributed by atoms with E-state index in [1.165, 1.54) is 6.92 Å². The highest BCUT2D eigenvalue weighted by Crippen LogP contribution is 2.19. The Kier molecular flexibility index (Phi) is 4.26. The van der Waals surface area contributed by atoms with Crippen LogP contribution in [0, 0.1) is 0 Å². The number of nitrogens with one attached hydrogen (secondary N) is 1. The van der Waals surface area contributed by atoms with Gasteiger partial charge in [-0.2, -0.15) is 0 Å². The zero-order valence-electron chi connectivity index (χ0n) is 8.97. The first kappa shape index (κ1) is 11.9. The van der Waals surface area contributed by atoms with Crippen molar-refractivity contribution in [2.24, 2.45) is 0 Å². The standard InChI is InChI=1S/C10H19F2NO/c1-6-4-9(5-7(2)14-6)13-8(3)10(11)12/h6-10,13H,4-5H2,1-3H3. The van der Waals surface area contributed by atoms with E-state index < -0.39 is 12.5 Å². The van der Waals surface area contributed by atoms with Gasteiger partial charge in [-0.3, -0.25) is 0 Å². The summed E-state index contributed by atoms with van der Waals surface area (Å²) >= 11 is 0. The molecule has 1 N–H and O–H groups in total. The summed E-state index contributed by atoms with van der Waals surface area (Å²) in [5, 5.41) is 2.95. The Bertz CT molecular complexity index is 168. The highest BCUT2D eigenvalue weighted by molar-refractivity contribution is 4.81. The van der Waals surface area contributed by atoms with Gasteiger partial charge in [0.25, 0.3) is 6.43 Å². The van der Waals surface area contributed by atoms with Gasteiger partial charge < -0.3 is 10.1 Å². The van der Waals surface area contributed by atoms with Gasteiger partial charge >= 0.3 is 0 Å². The number of hydrogen-bond acceptors (Lipinski definition) is 2. The maximum atomic E-state index is 12.3. The molecule has 1 heterocycles. The summed E-state index contributed by atoms with van der Waals surface area (Å²) in [6, 6.07) is -0.560. The van der Waals surface area contributed by atoms with Crippen molar-refractivity contribution in [3.63, 3.8) is 0 Å². The van der Waals surface area contributed by atoms with Crippen LogP contribution in [0.3, 0.4) is 0 Å². The minimum Gasteiger partial charge on any atom is -0.375 e. The van der Waals surface area contributed by atoms with E-state index >= 15 is 0 Å². The van der Waals surface area contributed by atoms with Crippen LogP contribution in [0.1, 0.15) is 33.6 Å². The Morgan fingerprint density at radius 2 is 1.71 bits per heavy atom. The fraction of sp³-hybridized carbons (Fsp3) is 1.00. The van der Waals surface area contributed by atoms with Gasteiger partial charge in [0, 0.05) is 6.04 Å². The number of ether oxygens (including phenoxy) is 1. The van der Waals surface area contributed by atoms with E-state index in [0.29, 0.717) is 0 Å². The maximum absolute atomic E-state index is 12.3. The molecule has 1 aliphatic rings. The Labute approximate surface area is 84.0 Å². The Morgan fingerprint density at radius 1 is 1.21 bits per heavy atom. The summed E-state index contributed by atoms with van der Waals surface area (Å²) in [6.07, 6.45) is -0.311. The second-order valence-electron chi connectivity index (χ2n) is 4.22. The van der Waals surface area contributed by atoms with E-state index in [0.717, 1.165) is 12.8 Å². The summed E-state index contributed by atoms with van der Waals surface area (Å²) in [6.45, 7) is 5.49. The van der Waals surface area contributed by atoms with Crippen molar-refractivity contribution in [3.05, 3.63) is 0 Å². The predicted molar refractivity (Wildman–Crippen MR) is 51.6 cm³/mol. The third-order valence-corrected chi connectivity index (χ3v) is 2.57. The molecule has 0 aromatic carbocycles. The van der Waals surface area contributed by atoms with Crippen molar-refractivity contribution in [2.75, 3.05) is 0 Å². The molecule has 0 aliphatic carbocycles. The monoisotopic (exact) mass is 207 g/mol. The van der Waals surface area contributed by atoms with Gasteiger partial charge in [0.2, 0.25) is 0 Å². The van der Waals surface area contributed by atoms with Crippen LogP contribution in [0.5, 0.6) is 0 Å². The average molecular weight is 207 g/mol. The molecule has 3 unspecified atom stereocenters. The maximum Gasteiger partial charge on any atom is 0.253 e. The molecule has 1 rings (SSSR count). The number of hydrogen-bond donors (Lipinski definition) is 1. The molecule has 0 aromatic heterocycles. The van der Waals surface area contributed by atoms with Crippen molar-refractivity contribution in [3.8, 4) is 0 Å². The first-order chi connectivity index (χ1) is 6.49. The molecule has 4 heteroatoms. The molecule has 0 spiro atoms. The molecular formula is C10H19F2NO. The molecule has 0 radical (unpaired) electrons. The van der Waals surface area contributed by atoms with Gasteiger partial charge in [-0.15, -0.1) is 0 Å². The lowest BCUT2D eigenvalue weighted by atomic mass is 9.99. The smallest absolute Gasteiger partial charge is 0.253 e. The molecule has 0 saturated carbocycles. The van der Waals surface area contributed by atoms with Gasteiger partial charge in [-0.25, -0.2) is 8.78 Å². The third-order valence-electron chi connectivity index (χ3n) is 2.57. The number of halogens is 2. The fourth-order valence-corrected chi connectivity index (χ4v) is 1.99. The van der Waals surface area contributed by atoms with E-state index in [1.807, 2.05) is 13.8 Å². The van der Waals surface area contributed by atoms with E-state index in [9.17, 15) is 8.78 Å². The quantitative estimate of drug-likeness (QED) is 0.766. The first-order valence-electron chi connectivity index (χ1n) is 5.18. The lowest BCUT2D eigenvalue weighted by Gasteiger charge is -2.34. The van der Waals surface area contributed by atoms with Gasteiger partial charge in [0.15, 0.2) is 0 Å². The zero-order valence-corrected chi connectivity index (χ0v) is 8.97. The van der Waals surface area contributed by atoms with E-state index in [4.69, 9.17) is 4.74 Å². The van der Waals surface area contributed by atoms with Crippen LogP contribution >= 0.6 is 0 Å². The lowest BCUT2D eigenvalue weighted by Crippen LogP contribution is -2.47. The van der Waals surface area contributed by atoms with Gasteiger partial charge in [0.05, 0.1) is 18.2 Å². The molecule has 1 fully saturated rings. The van der Waals surface area contributed by atoms with Crippen molar-refractivity contribution >= 4 is 0 Å². The Hall–Kier alpha value is -0.220. The van der Waals surface area contributed by atoms with Crippen LogP contribution in [0.4, 0.5) is 8.78 Å². The molecule has 84 valence electrons. The molecule has 3 atom stereocenters. The molecule has 0 amide bonds. The molecule has 1 aliphatic heterocycles. The van der Waals surface area contributed by atoms with Gasteiger partial charge in [-0.05, 0) is 33.6 Å². The molecule has 14 heavy (non-hydrogen) atoms. The summed E-state index contributed by atoms with van der Waals surface area (Å²) in [7, 11) is 0. The van der Waals surface area contributed by atoms with Crippen LogP contribution in [0.2, 0.25) is 0 Å². The zero-order chi connectivity index (χ0) is 10.7. The number of alkyl halides is 2. The van der Waals surface area contributed by atoms with E-state index in [2.05, 4.69) is 5.32 Å². The summed E-state index contributed by atoms with van der Waals surface area (Å²) in [4.78, 5) is 0. The molecular weight excluding hydrogens is 188 g/mol. The van der Waals surface area contributed by atoms with Crippen LogP contribution in [0.15, 0.2) is 0 Å². The second-order valence-corrected chi connectivity index (χ2v) is 4.22. The van der Waals surface area contributed by atoms with Crippen LogP contribution in [0.25, 0.3) is 0 Å². The average Bonchev–Trinajstić information content (AvgIpc) is 2.01. The fourth-order valence-electron chi connectivity index (χ4n) is 1.99. The van der Waals surface area contributed by atoms with Gasteiger partial charge in [-0.1, -0.05) is 0 Å². The highest BCUT2D eigenvalue weighted by Gasteiger charge is 2.27. The first-order valence-corrected chi connectivity index (χ1v) is 5.18. The molecule has 2 nitrogen and oxygen atoms in total. The summed E-state index contributed by atoms with van der Waals surface area (Å²) in [5.74, 6) is 0.